The number of hydrogen-bond donors (Lipinski definition) is 0. The Labute approximate surface area is 133 Å². The summed E-state index contributed by atoms with van der Waals surface area (Å²) >= 11 is 0. The summed E-state index contributed by atoms with van der Waals surface area (Å²) in [5, 5.41) is 9.37. The average Bonchev–Trinajstić information content (AvgIpc) is 2.56. The molecule has 1 atom stereocenters. The molecule has 2 rings (SSSR count). The maximum absolute atomic E-state index is 12.9. The molecule has 22 heavy (non-hydrogen) atoms. The van der Waals surface area contributed by atoms with Crippen LogP contribution < -0.4 is 0 Å². The van der Waals surface area contributed by atoms with Crippen LogP contribution in [-0.4, -0.2) is 41.4 Å². The van der Waals surface area contributed by atoms with Crippen LogP contribution in [0.1, 0.15) is 32.3 Å². The number of nitrogens with zero attached hydrogens (tertiary/aromatic N) is 3. The molecule has 0 radical (unpaired) electrons. The van der Waals surface area contributed by atoms with Crippen molar-refractivity contribution in [2.75, 3.05) is 19.6 Å². The van der Waals surface area contributed by atoms with Crippen molar-refractivity contribution in [3.05, 3.63) is 35.9 Å². The molecule has 4 heteroatoms. The topological polar surface area (TPSA) is 47.3 Å². The van der Waals surface area contributed by atoms with E-state index in [0.717, 1.165) is 31.5 Å². The monoisotopic (exact) mass is 299 g/mol. The van der Waals surface area contributed by atoms with Gasteiger partial charge in [0.05, 0.1) is 0 Å². The number of likely N-dealkylation sites (tertiary alicyclic amines) is 1. The van der Waals surface area contributed by atoms with E-state index in [0.29, 0.717) is 18.9 Å². The predicted octanol–water partition coefficient (Wildman–Crippen LogP) is 2.66. The second-order valence-corrected chi connectivity index (χ2v) is 6.10. The molecule has 1 aliphatic rings. The fraction of sp³-hybridized carbons (Fsp3) is 0.556. The number of carbonyl (C=O) groups excluding carboxylic acids is 1. The predicted molar refractivity (Wildman–Crippen MR) is 86.9 cm³/mol. The molecular weight excluding hydrogens is 274 g/mol. The van der Waals surface area contributed by atoms with Crippen LogP contribution in [0.25, 0.3) is 0 Å². The van der Waals surface area contributed by atoms with Gasteiger partial charge in [0.1, 0.15) is 6.04 Å². The van der Waals surface area contributed by atoms with E-state index < -0.39 is 0 Å². The molecule has 0 aromatic heterocycles. The molecule has 0 saturated carbocycles. The Balaban J connectivity index is 2.13. The van der Waals surface area contributed by atoms with Gasteiger partial charge < -0.3 is 4.90 Å². The summed E-state index contributed by atoms with van der Waals surface area (Å²) in [6, 6.07) is 9.57. The minimum absolute atomic E-state index is 0.0964. The third kappa shape index (κ3) is 4.00. The zero-order valence-electron chi connectivity index (χ0n) is 13.5. The lowest BCUT2D eigenvalue weighted by Gasteiger charge is -2.35. The van der Waals surface area contributed by atoms with Crippen molar-refractivity contribution in [2.45, 2.75) is 39.2 Å². The molecule has 0 bridgehead atoms. The van der Waals surface area contributed by atoms with E-state index in [1.165, 1.54) is 0 Å². The Morgan fingerprint density at radius 1 is 1.36 bits per heavy atom. The third-order valence-electron chi connectivity index (χ3n) is 4.50. The van der Waals surface area contributed by atoms with Gasteiger partial charge in [-0.25, -0.2) is 0 Å². The Morgan fingerprint density at radius 2 is 2.00 bits per heavy atom. The van der Waals surface area contributed by atoms with Crippen molar-refractivity contribution in [3.63, 3.8) is 0 Å². The van der Waals surface area contributed by atoms with Crippen LogP contribution in [-0.2, 0) is 11.2 Å². The number of benzene rings is 1. The van der Waals surface area contributed by atoms with Crippen molar-refractivity contribution in [2.24, 2.45) is 5.92 Å². The molecule has 1 aromatic rings. The fourth-order valence-electron chi connectivity index (χ4n) is 2.97. The summed E-state index contributed by atoms with van der Waals surface area (Å²) in [4.78, 5) is 16.4. The highest BCUT2D eigenvalue weighted by molar-refractivity contribution is 5.82. The number of rotatable bonds is 5. The number of amides is 1. The normalized spacial score (nSPS) is 16.9. The molecule has 1 aliphatic heterocycles. The first-order chi connectivity index (χ1) is 10.7. The van der Waals surface area contributed by atoms with Crippen LogP contribution in [0.5, 0.6) is 0 Å². The van der Waals surface area contributed by atoms with Gasteiger partial charge in [0.15, 0.2) is 6.19 Å². The maximum Gasteiger partial charge on any atom is 0.246 e. The van der Waals surface area contributed by atoms with Crippen LogP contribution in [0.15, 0.2) is 30.3 Å². The van der Waals surface area contributed by atoms with Gasteiger partial charge in [0.2, 0.25) is 5.91 Å². The summed E-state index contributed by atoms with van der Waals surface area (Å²) in [5.41, 5.74) is 1.10. The maximum atomic E-state index is 12.9. The van der Waals surface area contributed by atoms with Crippen LogP contribution in [0.2, 0.25) is 0 Å². The molecule has 118 valence electrons. The lowest BCUT2D eigenvalue weighted by molar-refractivity contribution is -0.137. The molecule has 1 heterocycles. The largest absolute Gasteiger partial charge is 0.341 e. The molecular formula is C18H25N3O. The lowest BCUT2D eigenvalue weighted by atomic mass is 9.97. The summed E-state index contributed by atoms with van der Waals surface area (Å²) in [5.74, 6) is 0.786. The van der Waals surface area contributed by atoms with Gasteiger partial charge in [-0.05, 0) is 31.2 Å². The highest BCUT2D eigenvalue weighted by atomic mass is 16.2. The van der Waals surface area contributed by atoms with Crippen LogP contribution >= 0.6 is 0 Å². The molecule has 1 unspecified atom stereocenters. The van der Waals surface area contributed by atoms with E-state index in [1.807, 2.05) is 42.2 Å². The van der Waals surface area contributed by atoms with Crippen molar-refractivity contribution < 1.29 is 4.79 Å². The van der Waals surface area contributed by atoms with Gasteiger partial charge in [-0.1, -0.05) is 37.3 Å². The number of likely N-dealkylation sites (N-methyl/N-ethyl adjacent to an activating group) is 1. The molecule has 0 spiro atoms. The molecule has 1 fully saturated rings. The first kappa shape index (κ1) is 16.4. The standard InChI is InChI=1S/C18H25N3O/c1-3-20(14-19)17(13-16-7-5-4-6-8-16)18(22)21-11-9-15(2)10-12-21/h4-8,15,17H,3,9-13H2,1-2H3. The van der Waals surface area contributed by atoms with Crippen molar-refractivity contribution in [1.82, 2.24) is 9.80 Å². The third-order valence-corrected chi connectivity index (χ3v) is 4.50. The molecule has 1 amide bonds. The summed E-state index contributed by atoms with van der Waals surface area (Å²) < 4.78 is 0. The van der Waals surface area contributed by atoms with E-state index >= 15 is 0 Å². The van der Waals surface area contributed by atoms with Crippen LogP contribution in [0.3, 0.4) is 0 Å². The number of nitriles is 1. The van der Waals surface area contributed by atoms with Gasteiger partial charge >= 0.3 is 0 Å². The average molecular weight is 299 g/mol. The van der Waals surface area contributed by atoms with Crippen molar-refractivity contribution >= 4 is 5.91 Å². The minimum Gasteiger partial charge on any atom is -0.341 e. The Morgan fingerprint density at radius 3 is 2.55 bits per heavy atom. The molecule has 4 nitrogen and oxygen atoms in total. The summed E-state index contributed by atoms with van der Waals surface area (Å²) in [6.45, 7) is 6.34. The van der Waals surface area contributed by atoms with E-state index in [4.69, 9.17) is 0 Å². The zero-order chi connectivity index (χ0) is 15.9. The molecule has 0 aliphatic carbocycles. The SMILES string of the molecule is CCN(C#N)C(Cc1ccccc1)C(=O)N1CCC(C)CC1. The quantitative estimate of drug-likeness (QED) is 0.620. The van der Waals surface area contributed by atoms with Crippen molar-refractivity contribution in [3.8, 4) is 6.19 Å². The second-order valence-electron chi connectivity index (χ2n) is 6.10. The van der Waals surface area contributed by atoms with Crippen molar-refractivity contribution in [1.29, 1.82) is 5.26 Å². The Bertz CT molecular complexity index is 515. The highest BCUT2D eigenvalue weighted by Crippen LogP contribution is 2.19. The minimum atomic E-state index is -0.384. The van der Waals surface area contributed by atoms with E-state index in [9.17, 15) is 10.1 Å². The van der Waals surface area contributed by atoms with Gasteiger partial charge in [0.25, 0.3) is 0 Å². The molecule has 0 N–H and O–H groups in total. The van der Waals surface area contributed by atoms with Crippen LogP contribution in [0, 0.1) is 17.4 Å². The Kier molecular flexibility index (Phi) is 5.83. The van der Waals surface area contributed by atoms with E-state index in [1.54, 1.807) is 4.90 Å². The van der Waals surface area contributed by atoms with Gasteiger partial charge in [-0.3, -0.25) is 9.69 Å². The van der Waals surface area contributed by atoms with E-state index in [-0.39, 0.29) is 11.9 Å². The first-order valence-corrected chi connectivity index (χ1v) is 8.14. The molecule has 1 saturated heterocycles. The first-order valence-electron chi connectivity index (χ1n) is 8.14. The summed E-state index contributed by atoms with van der Waals surface area (Å²) in [7, 11) is 0. The van der Waals surface area contributed by atoms with Gasteiger partial charge in [-0.2, -0.15) is 5.26 Å². The second kappa shape index (κ2) is 7.84. The smallest absolute Gasteiger partial charge is 0.246 e. The Hall–Kier alpha value is -2.02. The highest BCUT2D eigenvalue weighted by Gasteiger charge is 2.30. The van der Waals surface area contributed by atoms with Crippen LogP contribution in [0.4, 0.5) is 0 Å². The zero-order valence-corrected chi connectivity index (χ0v) is 13.5. The fourth-order valence-corrected chi connectivity index (χ4v) is 2.97. The summed E-state index contributed by atoms with van der Waals surface area (Å²) in [6.07, 6.45) is 4.89. The number of carbonyl (C=O) groups is 1. The lowest BCUT2D eigenvalue weighted by Crippen LogP contribution is -2.50. The van der Waals surface area contributed by atoms with Gasteiger partial charge in [0, 0.05) is 26.1 Å². The number of piperidine rings is 1. The van der Waals surface area contributed by atoms with E-state index in [2.05, 4.69) is 13.1 Å². The van der Waals surface area contributed by atoms with Gasteiger partial charge in [-0.15, -0.1) is 0 Å². The molecule has 1 aromatic carbocycles. The number of hydrogen-bond acceptors (Lipinski definition) is 3.